The van der Waals surface area contributed by atoms with Crippen LogP contribution in [0.15, 0.2) is 18.3 Å². The number of nitrogens with two attached hydrogens (primary N) is 1. The molecule has 0 aliphatic carbocycles. The van der Waals surface area contributed by atoms with Crippen LogP contribution in [0.25, 0.3) is 0 Å². The summed E-state index contributed by atoms with van der Waals surface area (Å²) in [5.41, 5.74) is 7.02. The highest BCUT2D eigenvalue weighted by Gasteiger charge is 2.24. The molecule has 1 aromatic rings. The zero-order valence-corrected chi connectivity index (χ0v) is 10.6. The maximum Gasteiger partial charge on any atom is 0.142 e. The maximum absolute atomic E-state index is 9.88. The fourth-order valence-electron chi connectivity index (χ4n) is 2.31. The van der Waals surface area contributed by atoms with Crippen LogP contribution in [0.5, 0.6) is 0 Å². The van der Waals surface area contributed by atoms with Crippen molar-refractivity contribution in [3.05, 3.63) is 29.6 Å². The van der Waals surface area contributed by atoms with Crippen LogP contribution in [0.3, 0.4) is 0 Å². The number of likely N-dealkylation sites (tertiary alicyclic amines) is 1. The van der Waals surface area contributed by atoms with E-state index in [9.17, 15) is 5.11 Å². The fraction of sp³-hybridized carbons (Fsp3) is 0.538. The Hall–Kier alpha value is -1.46. The van der Waals surface area contributed by atoms with E-state index in [4.69, 9.17) is 11.1 Å². The minimum Gasteiger partial charge on any atom is -0.392 e. The molecule has 1 aliphatic heterocycles. The highest BCUT2D eigenvalue weighted by molar-refractivity contribution is 5.94. The topological polar surface area (TPSA) is 86.2 Å². The van der Waals surface area contributed by atoms with Gasteiger partial charge in [0.2, 0.25) is 0 Å². The minimum absolute atomic E-state index is 0.00322. The van der Waals surface area contributed by atoms with Crippen molar-refractivity contribution < 1.29 is 5.11 Å². The molecule has 0 saturated carbocycles. The van der Waals surface area contributed by atoms with E-state index >= 15 is 0 Å². The average Bonchev–Trinajstić information content (AvgIpc) is 2.34. The molecule has 18 heavy (non-hydrogen) atoms. The van der Waals surface area contributed by atoms with Crippen LogP contribution in [0.2, 0.25) is 0 Å². The van der Waals surface area contributed by atoms with E-state index in [1.165, 1.54) is 0 Å². The van der Waals surface area contributed by atoms with Crippen LogP contribution in [0, 0.1) is 11.3 Å². The Bertz CT molecular complexity index is 435. The molecule has 1 aliphatic rings. The van der Waals surface area contributed by atoms with Crippen molar-refractivity contribution in [2.45, 2.75) is 26.0 Å². The van der Waals surface area contributed by atoms with Gasteiger partial charge in [-0.05, 0) is 30.5 Å². The van der Waals surface area contributed by atoms with Gasteiger partial charge >= 0.3 is 0 Å². The van der Waals surface area contributed by atoms with E-state index < -0.39 is 0 Å². The van der Waals surface area contributed by atoms with Gasteiger partial charge < -0.3 is 10.8 Å². The number of piperidine rings is 1. The van der Waals surface area contributed by atoms with Crippen LogP contribution in [0.1, 0.15) is 24.6 Å². The van der Waals surface area contributed by atoms with Crippen LogP contribution < -0.4 is 5.73 Å². The standard InChI is InChI=1S/C13H20N4O/c1-9-4-6-17(8-11(9)18)7-10-3-2-5-16-12(10)13(14)15/h2-3,5,9,11,18H,4,6-8H2,1H3,(H3,14,15). The molecule has 2 rings (SSSR count). The van der Waals surface area contributed by atoms with Crippen molar-refractivity contribution in [1.82, 2.24) is 9.88 Å². The molecule has 0 aromatic carbocycles. The number of nitrogens with one attached hydrogen (secondary N) is 1. The number of aliphatic hydroxyl groups is 1. The maximum atomic E-state index is 9.88. The normalized spacial score (nSPS) is 25.0. The van der Waals surface area contributed by atoms with Gasteiger partial charge in [0.25, 0.3) is 0 Å². The molecule has 1 aromatic heterocycles. The number of hydrogen-bond acceptors (Lipinski definition) is 4. The summed E-state index contributed by atoms with van der Waals surface area (Å²) < 4.78 is 0. The predicted molar refractivity (Wildman–Crippen MR) is 70.3 cm³/mol. The second kappa shape index (κ2) is 5.46. The first kappa shape index (κ1) is 13.0. The molecule has 5 heteroatoms. The van der Waals surface area contributed by atoms with E-state index in [0.717, 1.165) is 18.5 Å². The summed E-state index contributed by atoms with van der Waals surface area (Å²) in [5, 5.41) is 17.4. The number of hydrogen-bond donors (Lipinski definition) is 3. The smallest absolute Gasteiger partial charge is 0.142 e. The summed E-state index contributed by atoms with van der Waals surface area (Å²) in [6.07, 6.45) is 2.38. The van der Waals surface area contributed by atoms with Crippen LogP contribution in [-0.4, -0.2) is 40.0 Å². The molecule has 4 N–H and O–H groups in total. The summed E-state index contributed by atoms with van der Waals surface area (Å²) in [5.74, 6) is 0.360. The van der Waals surface area contributed by atoms with Gasteiger partial charge in [0.1, 0.15) is 11.5 Å². The molecule has 98 valence electrons. The number of amidine groups is 1. The predicted octanol–water partition coefficient (Wildman–Crippen LogP) is 0.568. The van der Waals surface area contributed by atoms with E-state index in [2.05, 4.69) is 16.8 Å². The zero-order valence-electron chi connectivity index (χ0n) is 10.6. The number of rotatable bonds is 3. The summed E-state index contributed by atoms with van der Waals surface area (Å²) in [6.45, 7) is 4.40. The zero-order chi connectivity index (χ0) is 13.1. The third-order valence-electron chi connectivity index (χ3n) is 3.54. The van der Waals surface area contributed by atoms with Gasteiger partial charge in [-0.25, -0.2) is 0 Å². The van der Waals surface area contributed by atoms with E-state index in [-0.39, 0.29) is 11.9 Å². The molecular formula is C13H20N4O. The quantitative estimate of drug-likeness (QED) is 0.539. The minimum atomic E-state index is -0.267. The van der Waals surface area contributed by atoms with Crippen molar-refractivity contribution in [3.8, 4) is 0 Å². The summed E-state index contributed by atoms with van der Waals surface area (Å²) >= 11 is 0. The van der Waals surface area contributed by atoms with Crippen molar-refractivity contribution in [3.63, 3.8) is 0 Å². The van der Waals surface area contributed by atoms with Crippen molar-refractivity contribution >= 4 is 5.84 Å². The van der Waals surface area contributed by atoms with Crippen molar-refractivity contribution in [2.24, 2.45) is 11.7 Å². The lowest BCUT2D eigenvalue weighted by molar-refractivity contribution is 0.0258. The van der Waals surface area contributed by atoms with E-state index in [1.807, 2.05) is 12.1 Å². The lowest BCUT2D eigenvalue weighted by atomic mass is 9.95. The van der Waals surface area contributed by atoms with Gasteiger partial charge in [0.05, 0.1) is 6.10 Å². The van der Waals surface area contributed by atoms with Gasteiger partial charge in [0, 0.05) is 19.3 Å². The first-order valence-electron chi connectivity index (χ1n) is 6.26. The molecule has 2 atom stereocenters. The Labute approximate surface area is 107 Å². The molecule has 1 saturated heterocycles. The van der Waals surface area contributed by atoms with Crippen molar-refractivity contribution in [2.75, 3.05) is 13.1 Å². The molecular weight excluding hydrogens is 228 g/mol. The van der Waals surface area contributed by atoms with Gasteiger partial charge in [-0.2, -0.15) is 0 Å². The Morgan fingerprint density at radius 2 is 2.44 bits per heavy atom. The van der Waals surface area contributed by atoms with E-state index in [1.54, 1.807) is 6.20 Å². The highest BCUT2D eigenvalue weighted by atomic mass is 16.3. The first-order chi connectivity index (χ1) is 8.58. The Morgan fingerprint density at radius 1 is 1.67 bits per heavy atom. The Morgan fingerprint density at radius 3 is 3.11 bits per heavy atom. The molecule has 2 unspecified atom stereocenters. The lowest BCUT2D eigenvalue weighted by Gasteiger charge is -2.34. The third kappa shape index (κ3) is 2.86. The van der Waals surface area contributed by atoms with Crippen LogP contribution >= 0.6 is 0 Å². The number of nitrogen functional groups attached to an aromatic ring is 1. The SMILES string of the molecule is CC1CCN(Cc2cccnc2C(=N)N)CC1O. The molecule has 0 amide bonds. The summed E-state index contributed by atoms with van der Waals surface area (Å²) in [7, 11) is 0. The fourth-order valence-corrected chi connectivity index (χ4v) is 2.31. The molecule has 2 heterocycles. The van der Waals surface area contributed by atoms with Gasteiger partial charge in [0.15, 0.2) is 0 Å². The molecule has 0 bridgehead atoms. The average molecular weight is 248 g/mol. The van der Waals surface area contributed by atoms with Gasteiger partial charge in [-0.15, -0.1) is 0 Å². The number of aliphatic hydroxyl groups excluding tert-OH is 1. The molecule has 0 radical (unpaired) electrons. The Balaban J connectivity index is 2.08. The second-order valence-corrected chi connectivity index (χ2v) is 4.99. The third-order valence-corrected chi connectivity index (χ3v) is 3.54. The Kier molecular flexibility index (Phi) is 3.93. The number of pyridine rings is 1. The van der Waals surface area contributed by atoms with Crippen molar-refractivity contribution in [1.29, 1.82) is 5.41 Å². The highest BCUT2D eigenvalue weighted by Crippen LogP contribution is 2.19. The van der Waals surface area contributed by atoms with E-state index in [0.29, 0.717) is 24.7 Å². The lowest BCUT2D eigenvalue weighted by Crippen LogP contribution is -2.42. The molecule has 5 nitrogen and oxygen atoms in total. The molecule has 1 fully saturated rings. The van der Waals surface area contributed by atoms with Crippen LogP contribution in [0.4, 0.5) is 0 Å². The summed E-state index contributed by atoms with van der Waals surface area (Å²) in [4.78, 5) is 6.33. The first-order valence-corrected chi connectivity index (χ1v) is 6.26. The number of nitrogens with zero attached hydrogens (tertiary/aromatic N) is 2. The number of aromatic nitrogens is 1. The largest absolute Gasteiger partial charge is 0.392 e. The number of β-amino-alcohol motifs (C(OH)–C–C–N with tert-alkyl or cyclic N) is 1. The van der Waals surface area contributed by atoms with Crippen LogP contribution in [-0.2, 0) is 6.54 Å². The van der Waals surface area contributed by atoms with Gasteiger partial charge in [-0.3, -0.25) is 15.3 Å². The second-order valence-electron chi connectivity index (χ2n) is 4.99. The monoisotopic (exact) mass is 248 g/mol. The summed E-state index contributed by atoms with van der Waals surface area (Å²) in [6, 6.07) is 3.79. The molecule has 0 spiro atoms. The van der Waals surface area contributed by atoms with Gasteiger partial charge in [-0.1, -0.05) is 13.0 Å².